The van der Waals surface area contributed by atoms with Gasteiger partial charge in [-0.05, 0) is 41.9 Å². The van der Waals surface area contributed by atoms with Crippen molar-refractivity contribution in [2.45, 2.75) is 25.2 Å². The van der Waals surface area contributed by atoms with Gasteiger partial charge in [0, 0.05) is 5.88 Å². The molecule has 82 valence electrons. The lowest BCUT2D eigenvalue weighted by molar-refractivity contribution is 0.414. The topological polar surface area (TPSA) is 9.23 Å². The highest BCUT2D eigenvalue weighted by Crippen LogP contribution is 2.57. The molecule has 1 fully saturated rings. The molecule has 0 heterocycles. The van der Waals surface area contributed by atoms with Gasteiger partial charge in [0.15, 0.2) is 0 Å². The third-order valence-corrected chi connectivity index (χ3v) is 4.09. The maximum absolute atomic E-state index is 5.95. The van der Waals surface area contributed by atoms with Gasteiger partial charge in [-0.3, -0.25) is 0 Å². The summed E-state index contributed by atoms with van der Waals surface area (Å²) in [6.45, 7) is 2.25. The highest BCUT2D eigenvalue weighted by atomic mass is 35.5. The molecule has 1 aromatic rings. The van der Waals surface area contributed by atoms with E-state index in [1.165, 1.54) is 18.4 Å². The quantitative estimate of drug-likeness (QED) is 0.711. The van der Waals surface area contributed by atoms with Crippen LogP contribution in [0.1, 0.15) is 25.3 Å². The molecule has 1 aromatic carbocycles. The molecule has 0 aliphatic heterocycles. The fraction of sp³-hybridized carbons (Fsp3) is 0.538. The molecule has 0 aromatic heterocycles. The number of halogens is 1. The van der Waals surface area contributed by atoms with Crippen molar-refractivity contribution in [2.75, 3.05) is 13.0 Å². The fourth-order valence-electron chi connectivity index (χ4n) is 2.50. The SMILES string of the molecule is CCC1(c2ccc(OC)cc2)CC1CCl. The lowest BCUT2D eigenvalue weighted by Gasteiger charge is -2.15. The van der Waals surface area contributed by atoms with E-state index < -0.39 is 0 Å². The Morgan fingerprint density at radius 2 is 2.07 bits per heavy atom. The van der Waals surface area contributed by atoms with Crippen molar-refractivity contribution >= 4 is 11.6 Å². The van der Waals surface area contributed by atoms with Crippen LogP contribution in [0.2, 0.25) is 0 Å². The van der Waals surface area contributed by atoms with E-state index in [4.69, 9.17) is 16.3 Å². The fourth-order valence-corrected chi connectivity index (χ4v) is 2.90. The van der Waals surface area contributed by atoms with Gasteiger partial charge in [-0.15, -0.1) is 11.6 Å². The van der Waals surface area contributed by atoms with Gasteiger partial charge in [0.25, 0.3) is 0 Å². The van der Waals surface area contributed by atoms with Crippen LogP contribution in [0.15, 0.2) is 24.3 Å². The first kappa shape index (κ1) is 10.8. The minimum absolute atomic E-state index is 0.355. The molecule has 15 heavy (non-hydrogen) atoms. The van der Waals surface area contributed by atoms with Crippen LogP contribution in [0.25, 0.3) is 0 Å². The van der Waals surface area contributed by atoms with Crippen LogP contribution in [-0.4, -0.2) is 13.0 Å². The summed E-state index contributed by atoms with van der Waals surface area (Å²) in [5.41, 5.74) is 1.77. The Hall–Kier alpha value is -0.690. The molecule has 2 atom stereocenters. The van der Waals surface area contributed by atoms with Gasteiger partial charge in [0.05, 0.1) is 7.11 Å². The first-order valence-electron chi connectivity index (χ1n) is 5.47. The van der Waals surface area contributed by atoms with Crippen molar-refractivity contribution in [3.05, 3.63) is 29.8 Å². The Balaban J connectivity index is 2.22. The maximum Gasteiger partial charge on any atom is 0.118 e. The molecule has 1 aliphatic carbocycles. The molecule has 2 rings (SSSR count). The normalized spacial score (nSPS) is 28.9. The van der Waals surface area contributed by atoms with E-state index in [2.05, 4.69) is 19.1 Å². The average molecular weight is 225 g/mol. The van der Waals surface area contributed by atoms with Crippen molar-refractivity contribution in [1.82, 2.24) is 0 Å². The third-order valence-electron chi connectivity index (χ3n) is 3.71. The van der Waals surface area contributed by atoms with Crippen LogP contribution in [0, 0.1) is 5.92 Å². The van der Waals surface area contributed by atoms with Crippen molar-refractivity contribution in [1.29, 1.82) is 0 Å². The van der Waals surface area contributed by atoms with Crippen molar-refractivity contribution in [3.63, 3.8) is 0 Å². The van der Waals surface area contributed by atoms with E-state index in [0.717, 1.165) is 11.6 Å². The Labute approximate surface area is 96.4 Å². The van der Waals surface area contributed by atoms with Gasteiger partial charge in [-0.2, -0.15) is 0 Å². The van der Waals surface area contributed by atoms with Gasteiger partial charge in [-0.25, -0.2) is 0 Å². The molecule has 1 saturated carbocycles. The van der Waals surface area contributed by atoms with Gasteiger partial charge < -0.3 is 4.74 Å². The third kappa shape index (κ3) is 1.74. The maximum atomic E-state index is 5.95. The first-order valence-corrected chi connectivity index (χ1v) is 6.00. The Morgan fingerprint density at radius 1 is 1.40 bits per heavy atom. The molecular formula is C13H17ClO. The lowest BCUT2D eigenvalue weighted by Crippen LogP contribution is -2.09. The molecule has 0 radical (unpaired) electrons. The molecule has 1 aliphatic rings. The summed E-state index contributed by atoms with van der Waals surface area (Å²) in [7, 11) is 1.70. The van der Waals surface area contributed by atoms with Gasteiger partial charge in [0.1, 0.15) is 5.75 Å². The molecule has 2 heteroatoms. The minimum Gasteiger partial charge on any atom is -0.497 e. The molecule has 2 unspecified atom stereocenters. The van der Waals surface area contributed by atoms with Gasteiger partial charge in [-0.1, -0.05) is 19.1 Å². The van der Waals surface area contributed by atoms with E-state index in [-0.39, 0.29) is 0 Å². The van der Waals surface area contributed by atoms with Crippen LogP contribution in [0.4, 0.5) is 0 Å². The zero-order chi connectivity index (χ0) is 10.9. The second kappa shape index (κ2) is 4.05. The van der Waals surface area contributed by atoms with Crippen molar-refractivity contribution in [3.8, 4) is 5.75 Å². The first-order chi connectivity index (χ1) is 7.26. The van der Waals surface area contributed by atoms with Gasteiger partial charge in [0.2, 0.25) is 0 Å². The number of benzene rings is 1. The van der Waals surface area contributed by atoms with Crippen molar-refractivity contribution in [2.24, 2.45) is 5.92 Å². The van der Waals surface area contributed by atoms with E-state index in [1.54, 1.807) is 7.11 Å². The minimum atomic E-state index is 0.355. The summed E-state index contributed by atoms with van der Waals surface area (Å²) in [4.78, 5) is 0. The summed E-state index contributed by atoms with van der Waals surface area (Å²) in [5.74, 6) is 2.37. The molecule has 0 bridgehead atoms. The highest BCUT2D eigenvalue weighted by molar-refractivity contribution is 6.18. The van der Waals surface area contributed by atoms with Crippen LogP contribution >= 0.6 is 11.6 Å². The zero-order valence-electron chi connectivity index (χ0n) is 9.29. The van der Waals surface area contributed by atoms with E-state index in [9.17, 15) is 0 Å². The van der Waals surface area contributed by atoms with Crippen LogP contribution in [-0.2, 0) is 5.41 Å². The number of methoxy groups -OCH3 is 1. The largest absolute Gasteiger partial charge is 0.497 e. The number of hydrogen-bond donors (Lipinski definition) is 0. The molecule has 1 nitrogen and oxygen atoms in total. The monoisotopic (exact) mass is 224 g/mol. The number of alkyl halides is 1. The second-order valence-corrected chi connectivity index (χ2v) is 4.60. The zero-order valence-corrected chi connectivity index (χ0v) is 10.1. The summed E-state index contributed by atoms with van der Waals surface area (Å²) >= 11 is 5.95. The predicted molar refractivity (Wildman–Crippen MR) is 63.8 cm³/mol. The van der Waals surface area contributed by atoms with Gasteiger partial charge >= 0.3 is 0 Å². The number of hydrogen-bond acceptors (Lipinski definition) is 1. The molecular weight excluding hydrogens is 208 g/mol. The summed E-state index contributed by atoms with van der Waals surface area (Å²) < 4.78 is 5.16. The highest BCUT2D eigenvalue weighted by Gasteiger charge is 2.52. The predicted octanol–water partition coefficient (Wildman–Crippen LogP) is 3.60. The van der Waals surface area contributed by atoms with Crippen molar-refractivity contribution < 1.29 is 4.74 Å². The van der Waals surface area contributed by atoms with E-state index >= 15 is 0 Å². The summed E-state index contributed by atoms with van der Waals surface area (Å²) in [6.07, 6.45) is 2.41. The smallest absolute Gasteiger partial charge is 0.118 e. The van der Waals surface area contributed by atoms with Crippen LogP contribution in [0.5, 0.6) is 5.75 Å². The summed E-state index contributed by atoms with van der Waals surface area (Å²) in [5, 5.41) is 0. The lowest BCUT2D eigenvalue weighted by atomic mass is 9.91. The molecule has 0 amide bonds. The number of rotatable bonds is 4. The van der Waals surface area contributed by atoms with E-state index in [0.29, 0.717) is 11.3 Å². The number of ether oxygens (including phenoxy) is 1. The Kier molecular flexibility index (Phi) is 2.92. The second-order valence-electron chi connectivity index (χ2n) is 4.29. The Morgan fingerprint density at radius 3 is 2.47 bits per heavy atom. The molecule has 0 spiro atoms. The van der Waals surface area contributed by atoms with E-state index in [1.807, 2.05) is 12.1 Å². The summed E-state index contributed by atoms with van der Waals surface area (Å²) in [6, 6.07) is 8.43. The van der Waals surface area contributed by atoms with Crippen LogP contribution in [0.3, 0.4) is 0 Å². The van der Waals surface area contributed by atoms with Crippen LogP contribution < -0.4 is 4.74 Å². The Bertz CT molecular complexity index is 333. The average Bonchev–Trinajstić information content (AvgIpc) is 3.04. The molecule has 0 saturated heterocycles. The molecule has 0 N–H and O–H groups in total. The standard InChI is InChI=1S/C13H17ClO/c1-3-13(8-11(13)9-14)10-4-6-12(15-2)7-5-10/h4-7,11H,3,8-9H2,1-2H3.